The normalized spacial score (nSPS) is 16.1. The minimum Gasteiger partial charge on any atom is -0.480 e. The van der Waals surface area contributed by atoms with E-state index in [0.29, 0.717) is 42.8 Å². The summed E-state index contributed by atoms with van der Waals surface area (Å²) in [7, 11) is -2.16. The number of thiophene rings is 1. The number of hydrogen-bond donors (Lipinski definition) is 1. The lowest BCUT2D eigenvalue weighted by Crippen LogP contribution is -2.40. The number of fused-ring (bicyclic) bond motifs is 1. The van der Waals surface area contributed by atoms with Gasteiger partial charge in [0.1, 0.15) is 16.1 Å². The van der Waals surface area contributed by atoms with Crippen LogP contribution in [0.5, 0.6) is 0 Å². The number of nitrogens with zero attached hydrogens (tertiary/aromatic N) is 4. The molecule has 3 heterocycles. The van der Waals surface area contributed by atoms with Crippen LogP contribution in [0.1, 0.15) is 34.6 Å². The number of carboxylic acids is 1. The van der Waals surface area contributed by atoms with Crippen LogP contribution in [0, 0.1) is 0 Å². The van der Waals surface area contributed by atoms with E-state index in [1.54, 1.807) is 35.7 Å². The summed E-state index contributed by atoms with van der Waals surface area (Å²) in [6.07, 6.45) is 1.08. The number of benzene rings is 2. The van der Waals surface area contributed by atoms with E-state index in [0.717, 1.165) is 22.4 Å². The fourth-order valence-electron chi connectivity index (χ4n) is 4.66. The number of imidazole rings is 1. The first-order chi connectivity index (χ1) is 17.8. The zero-order valence-corrected chi connectivity index (χ0v) is 21.8. The van der Waals surface area contributed by atoms with E-state index in [1.807, 2.05) is 34.9 Å². The molecule has 0 spiro atoms. The first-order valence-electron chi connectivity index (χ1n) is 11.8. The number of aromatic nitrogens is 2. The van der Waals surface area contributed by atoms with Gasteiger partial charge in [0.05, 0.1) is 17.6 Å². The third-order valence-corrected chi connectivity index (χ3v) is 9.76. The Hall–Kier alpha value is -3.54. The molecule has 1 aliphatic rings. The molecule has 1 fully saturated rings. The van der Waals surface area contributed by atoms with Gasteiger partial charge >= 0.3 is 5.97 Å². The highest BCUT2D eigenvalue weighted by Gasteiger charge is 2.34. The van der Waals surface area contributed by atoms with E-state index in [9.17, 15) is 23.1 Å². The first kappa shape index (κ1) is 25.1. The van der Waals surface area contributed by atoms with E-state index in [4.69, 9.17) is 4.98 Å². The summed E-state index contributed by atoms with van der Waals surface area (Å²) < 4.78 is 29.6. The minimum atomic E-state index is -3.69. The molecule has 1 N–H and O–H groups in total. The molecule has 2 aromatic carbocycles. The topological polar surface area (TPSA) is 113 Å². The maximum atomic E-state index is 13.2. The number of aliphatic carboxylic acids is 1. The second-order valence-corrected chi connectivity index (χ2v) is 12.2. The van der Waals surface area contributed by atoms with Crippen LogP contribution in [0.4, 0.5) is 0 Å². The van der Waals surface area contributed by atoms with Gasteiger partial charge in [-0.05, 0) is 48.1 Å². The molecule has 11 heteroatoms. The monoisotopic (exact) mass is 538 g/mol. The molecule has 1 aliphatic heterocycles. The van der Waals surface area contributed by atoms with Gasteiger partial charge < -0.3 is 14.6 Å². The Bertz CT molecular complexity index is 1550. The molecule has 0 radical (unpaired) electrons. The van der Waals surface area contributed by atoms with Crippen LogP contribution in [-0.4, -0.2) is 63.8 Å². The molecule has 0 aliphatic carbocycles. The molecule has 1 unspecified atom stereocenters. The molecule has 9 nitrogen and oxygen atoms in total. The summed E-state index contributed by atoms with van der Waals surface area (Å²) in [5.41, 5.74) is 2.68. The van der Waals surface area contributed by atoms with Gasteiger partial charge in [-0.3, -0.25) is 4.79 Å². The molecule has 192 valence electrons. The second-order valence-electron chi connectivity index (χ2n) is 8.99. The zero-order valence-electron chi connectivity index (χ0n) is 20.1. The molecular formula is C26H26N4O5S2. The molecule has 0 bridgehead atoms. The highest BCUT2D eigenvalue weighted by molar-refractivity contribution is 7.91. The summed E-state index contributed by atoms with van der Waals surface area (Å²) in [6.45, 7) is 0.908. The third kappa shape index (κ3) is 4.89. The number of sulfonamides is 1. The van der Waals surface area contributed by atoms with Crippen molar-refractivity contribution in [1.29, 1.82) is 0 Å². The van der Waals surface area contributed by atoms with E-state index in [1.165, 1.54) is 16.3 Å². The van der Waals surface area contributed by atoms with Crippen molar-refractivity contribution in [2.45, 2.75) is 36.2 Å². The Morgan fingerprint density at radius 1 is 1.14 bits per heavy atom. The molecule has 4 aromatic rings. The highest BCUT2D eigenvalue weighted by Crippen LogP contribution is 2.26. The molecule has 5 rings (SSSR count). The lowest BCUT2D eigenvalue weighted by Gasteiger charge is -2.21. The van der Waals surface area contributed by atoms with Crippen molar-refractivity contribution in [3.8, 4) is 0 Å². The Labute approximate surface area is 218 Å². The number of likely N-dealkylation sites (tertiary alicyclic amines) is 1. The number of carbonyl (C=O) groups excluding carboxylic acids is 1. The Morgan fingerprint density at radius 3 is 2.62 bits per heavy atom. The standard InChI is InChI=1S/C26H26N4O5S2/c1-28(37(34,35)24-10-6-14-36-24)17-23-27-20-15-19(25(31)29-13-5-9-22(29)26(32)33)11-12-21(20)30(23)16-18-7-3-2-4-8-18/h2-4,6-8,10-12,14-15,22H,5,9,13,16-17H2,1H3,(H,32,33). The van der Waals surface area contributed by atoms with Crippen LogP contribution in [0.2, 0.25) is 0 Å². The van der Waals surface area contributed by atoms with Crippen LogP contribution in [0.3, 0.4) is 0 Å². The Morgan fingerprint density at radius 2 is 1.92 bits per heavy atom. The number of rotatable bonds is 8. The van der Waals surface area contributed by atoms with Gasteiger partial charge in [-0.15, -0.1) is 11.3 Å². The average molecular weight is 539 g/mol. The zero-order chi connectivity index (χ0) is 26.2. The SMILES string of the molecule is CN(Cc1nc2cc(C(=O)N3CCCC3C(=O)O)ccc2n1Cc1ccccc1)S(=O)(=O)c1cccs1. The summed E-state index contributed by atoms with van der Waals surface area (Å²) >= 11 is 1.16. The van der Waals surface area contributed by atoms with Crippen molar-refractivity contribution in [3.05, 3.63) is 83.0 Å². The molecule has 1 atom stereocenters. The molecular weight excluding hydrogens is 512 g/mol. The van der Waals surface area contributed by atoms with Gasteiger partial charge in [-0.25, -0.2) is 18.2 Å². The van der Waals surface area contributed by atoms with E-state index >= 15 is 0 Å². The van der Waals surface area contributed by atoms with Crippen molar-refractivity contribution in [1.82, 2.24) is 18.8 Å². The number of carbonyl (C=O) groups is 2. The Kier molecular flexibility index (Phi) is 6.84. The summed E-state index contributed by atoms with van der Waals surface area (Å²) in [4.78, 5) is 30.9. The predicted octanol–water partition coefficient (Wildman–Crippen LogP) is 3.66. The summed E-state index contributed by atoms with van der Waals surface area (Å²) in [5, 5.41) is 11.2. The number of carboxylic acid groups (broad SMARTS) is 1. The first-order valence-corrected chi connectivity index (χ1v) is 14.1. The van der Waals surface area contributed by atoms with Crippen molar-refractivity contribution in [2.24, 2.45) is 0 Å². The van der Waals surface area contributed by atoms with Crippen molar-refractivity contribution >= 4 is 44.3 Å². The fraction of sp³-hybridized carbons (Fsp3) is 0.269. The van der Waals surface area contributed by atoms with Crippen molar-refractivity contribution < 1.29 is 23.1 Å². The van der Waals surface area contributed by atoms with Crippen LogP contribution in [0.15, 0.2) is 70.3 Å². The van der Waals surface area contributed by atoms with Crippen molar-refractivity contribution in [3.63, 3.8) is 0 Å². The van der Waals surface area contributed by atoms with Crippen LogP contribution < -0.4 is 0 Å². The number of hydrogen-bond acceptors (Lipinski definition) is 6. The maximum absolute atomic E-state index is 13.2. The van der Waals surface area contributed by atoms with E-state index in [2.05, 4.69) is 0 Å². The lowest BCUT2D eigenvalue weighted by molar-refractivity contribution is -0.141. The largest absolute Gasteiger partial charge is 0.480 e. The fourth-order valence-corrected chi connectivity index (χ4v) is 6.98. The van der Waals surface area contributed by atoms with E-state index in [-0.39, 0.29) is 16.7 Å². The summed E-state index contributed by atoms with van der Waals surface area (Å²) in [5.74, 6) is -0.810. The molecule has 1 saturated heterocycles. The van der Waals surface area contributed by atoms with Gasteiger partial charge in [0.25, 0.3) is 15.9 Å². The molecule has 37 heavy (non-hydrogen) atoms. The van der Waals surface area contributed by atoms with Gasteiger partial charge in [-0.2, -0.15) is 4.31 Å². The Balaban J connectivity index is 1.52. The van der Waals surface area contributed by atoms with Gasteiger partial charge in [0.2, 0.25) is 0 Å². The number of amides is 1. The summed E-state index contributed by atoms with van der Waals surface area (Å²) in [6, 6.07) is 17.4. The van der Waals surface area contributed by atoms with Gasteiger partial charge in [-0.1, -0.05) is 36.4 Å². The van der Waals surface area contributed by atoms with Crippen LogP contribution in [-0.2, 0) is 27.9 Å². The van der Waals surface area contributed by atoms with E-state index < -0.39 is 22.0 Å². The second kappa shape index (κ2) is 10.1. The van der Waals surface area contributed by atoms with Crippen LogP contribution >= 0.6 is 11.3 Å². The van der Waals surface area contributed by atoms with Crippen molar-refractivity contribution in [2.75, 3.05) is 13.6 Å². The third-order valence-electron chi connectivity index (χ3n) is 6.58. The van der Waals surface area contributed by atoms with Gasteiger partial charge in [0.15, 0.2) is 0 Å². The molecule has 2 aromatic heterocycles. The average Bonchev–Trinajstić information content (AvgIpc) is 3.65. The highest BCUT2D eigenvalue weighted by atomic mass is 32.2. The molecule has 1 amide bonds. The molecule has 0 saturated carbocycles. The smallest absolute Gasteiger partial charge is 0.326 e. The quantitative estimate of drug-likeness (QED) is 0.366. The minimum absolute atomic E-state index is 0.0399. The maximum Gasteiger partial charge on any atom is 0.326 e. The predicted molar refractivity (Wildman–Crippen MR) is 140 cm³/mol. The lowest BCUT2D eigenvalue weighted by atomic mass is 10.1. The van der Waals surface area contributed by atoms with Gasteiger partial charge in [0, 0.05) is 25.7 Å². The van der Waals surface area contributed by atoms with Crippen LogP contribution in [0.25, 0.3) is 11.0 Å².